The zero-order valence-corrected chi connectivity index (χ0v) is 14.7. The molecule has 0 aliphatic carbocycles. The lowest BCUT2D eigenvalue weighted by Gasteiger charge is -2.34. The van der Waals surface area contributed by atoms with Gasteiger partial charge in [0.2, 0.25) is 0 Å². The Hall–Kier alpha value is -2.86. The molecule has 1 aliphatic rings. The molecular formula is C20H22N4O2. The highest BCUT2D eigenvalue weighted by atomic mass is 16.2. The summed E-state index contributed by atoms with van der Waals surface area (Å²) in [4.78, 5) is 29.7. The Morgan fingerprint density at radius 3 is 2.77 bits per heavy atom. The van der Waals surface area contributed by atoms with Gasteiger partial charge >= 0.3 is 5.69 Å². The zero-order valence-electron chi connectivity index (χ0n) is 14.7. The molecule has 2 heterocycles. The molecule has 134 valence electrons. The van der Waals surface area contributed by atoms with Crippen LogP contribution in [0.25, 0.3) is 11.0 Å². The normalized spacial score (nSPS) is 17.6. The number of rotatable bonds is 3. The topological polar surface area (TPSA) is 70.1 Å². The molecule has 1 amide bonds. The zero-order chi connectivity index (χ0) is 18.1. The molecular weight excluding hydrogens is 328 g/mol. The van der Waals surface area contributed by atoms with Gasteiger partial charge in [-0.15, -0.1) is 0 Å². The maximum Gasteiger partial charge on any atom is 0.326 e. The second-order valence-electron chi connectivity index (χ2n) is 6.57. The fourth-order valence-electron chi connectivity index (χ4n) is 3.63. The van der Waals surface area contributed by atoms with Crippen LogP contribution in [0.3, 0.4) is 0 Å². The summed E-state index contributed by atoms with van der Waals surface area (Å²) in [5.41, 5.74) is 3.20. The van der Waals surface area contributed by atoms with Gasteiger partial charge in [-0.05, 0) is 30.7 Å². The molecule has 26 heavy (non-hydrogen) atoms. The van der Waals surface area contributed by atoms with Gasteiger partial charge < -0.3 is 15.2 Å². The van der Waals surface area contributed by atoms with Crippen LogP contribution in [0, 0.1) is 0 Å². The van der Waals surface area contributed by atoms with Gasteiger partial charge in [0.25, 0.3) is 5.91 Å². The highest BCUT2D eigenvalue weighted by molar-refractivity contribution is 5.97. The lowest BCUT2D eigenvalue weighted by molar-refractivity contribution is 0.0703. The number of carbonyl (C=O) groups excluding carboxylic acids is 1. The third kappa shape index (κ3) is 2.93. The predicted octanol–water partition coefficient (Wildman–Crippen LogP) is 2.14. The Morgan fingerprint density at radius 2 is 2.00 bits per heavy atom. The van der Waals surface area contributed by atoms with Gasteiger partial charge in [0.05, 0.1) is 11.0 Å². The van der Waals surface area contributed by atoms with Crippen LogP contribution in [0.2, 0.25) is 0 Å². The smallest absolute Gasteiger partial charge is 0.326 e. The van der Waals surface area contributed by atoms with E-state index in [9.17, 15) is 9.59 Å². The molecule has 0 saturated carbocycles. The summed E-state index contributed by atoms with van der Waals surface area (Å²) in [5, 5.41) is 3.48. The number of hydrogen-bond donors (Lipinski definition) is 2. The second kappa shape index (κ2) is 6.80. The minimum absolute atomic E-state index is 0.00522. The first-order valence-electron chi connectivity index (χ1n) is 8.97. The number of aromatic nitrogens is 2. The molecule has 6 nitrogen and oxygen atoms in total. The molecule has 4 rings (SSSR count). The number of H-pyrrole nitrogens is 1. The molecule has 1 unspecified atom stereocenters. The fourth-order valence-corrected chi connectivity index (χ4v) is 3.63. The highest BCUT2D eigenvalue weighted by Gasteiger charge is 2.25. The molecule has 1 fully saturated rings. The van der Waals surface area contributed by atoms with E-state index in [1.54, 1.807) is 10.6 Å². The molecule has 1 aromatic heterocycles. The van der Waals surface area contributed by atoms with E-state index in [-0.39, 0.29) is 17.6 Å². The van der Waals surface area contributed by atoms with Crippen molar-refractivity contribution < 1.29 is 4.79 Å². The molecule has 0 bridgehead atoms. The van der Waals surface area contributed by atoms with Crippen molar-refractivity contribution in [1.82, 2.24) is 19.8 Å². The van der Waals surface area contributed by atoms with Crippen LogP contribution in [0.5, 0.6) is 0 Å². The van der Waals surface area contributed by atoms with Crippen LogP contribution in [-0.4, -0.2) is 40.0 Å². The first kappa shape index (κ1) is 16.6. The van der Waals surface area contributed by atoms with Crippen LogP contribution in [0.4, 0.5) is 0 Å². The number of imidazole rings is 1. The average molecular weight is 350 g/mol. The highest BCUT2D eigenvalue weighted by Crippen LogP contribution is 2.20. The van der Waals surface area contributed by atoms with Crippen molar-refractivity contribution in [2.24, 2.45) is 0 Å². The summed E-state index contributed by atoms with van der Waals surface area (Å²) in [6.45, 7) is 4.56. The number of nitrogens with one attached hydrogen (secondary N) is 2. The van der Waals surface area contributed by atoms with Gasteiger partial charge in [0.1, 0.15) is 0 Å². The number of nitrogens with zero attached hydrogens (tertiary/aromatic N) is 2. The Morgan fingerprint density at radius 1 is 1.19 bits per heavy atom. The van der Waals surface area contributed by atoms with E-state index in [1.165, 1.54) is 5.56 Å². The third-order valence-electron chi connectivity index (χ3n) is 5.00. The van der Waals surface area contributed by atoms with E-state index >= 15 is 0 Å². The fraction of sp³-hybridized carbons (Fsp3) is 0.300. The average Bonchev–Trinajstić information content (AvgIpc) is 3.02. The third-order valence-corrected chi connectivity index (χ3v) is 5.00. The largest absolute Gasteiger partial charge is 0.335 e. The Kier molecular flexibility index (Phi) is 4.34. The van der Waals surface area contributed by atoms with Gasteiger partial charge in [-0.2, -0.15) is 0 Å². The second-order valence-corrected chi connectivity index (χ2v) is 6.57. The van der Waals surface area contributed by atoms with Crippen LogP contribution < -0.4 is 11.0 Å². The predicted molar refractivity (Wildman–Crippen MR) is 101 cm³/mol. The van der Waals surface area contributed by atoms with E-state index in [4.69, 9.17) is 0 Å². The molecule has 6 heteroatoms. The van der Waals surface area contributed by atoms with Gasteiger partial charge in [-0.25, -0.2) is 4.79 Å². The molecule has 1 atom stereocenters. The quantitative estimate of drug-likeness (QED) is 0.760. The van der Waals surface area contributed by atoms with Crippen LogP contribution in [0.1, 0.15) is 28.9 Å². The maximum absolute atomic E-state index is 13.0. The molecule has 3 aromatic rings. The van der Waals surface area contributed by atoms with Crippen LogP contribution >= 0.6 is 0 Å². The summed E-state index contributed by atoms with van der Waals surface area (Å²) in [5.74, 6) is 0.00522. The summed E-state index contributed by atoms with van der Waals surface area (Å²) in [6.07, 6.45) is 0. The summed E-state index contributed by atoms with van der Waals surface area (Å²) < 4.78 is 1.65. The lowest BCUT2D eigenvalue weighted by Crippen LogP contribution is -2.48. The van der Waals surface area contributed by atoms with Gasteiger partial charge in [-0.3, -0.25) is 9.36 Å². The molecule has 2 N–H and O–H groups in total. The van der Waals surface area contributed by atoms with E-state index < -0.39 is 0 Å². The van der Waals surface area contributed by atoms with Crippen molar-refractivity contribution in [1.29, 1.82) is 0 Å². The van der Waals surface area contributed by atoms with Crippen molar-refractivity contribution >= 4 is 16.9 Å². The number of aromatic amines is 1. The molecule has 1 saturated heterocycles. The first-order valence-corrected chi connectivity index (χ1v) is 8.97. The van der Waals surface area contributed by atoms with Crippen molar-refractivity contribution in [3.05, 3.63) is 70.1 Å². The lowest BCUT2D eigenvalue weighted by atomic mass is 10.0. The van der Waals surface area contributed by atoms with Crippen molar-refractivity contribution in [2.45, 2.75) is 19.5 Å². The monoisotopic (exact) mass is 350 g/mol. The minimum atomic E-state index is -0.140. The molecule has 2 aromatic carbocycles. The van der Waals surface area contributed by atoms with Gasteiger partial charge in [-0.1, -0.05) is 30.3 Å². The first-order chi connectivity index (χ1) is 12.7. The van der Waals surface area contributed by atoms with Gasteiger partial charge in [0.15, 0.2) is 0 Å². The van der Waals surface area contributed by atoms with Crippen molar-refractivity contribution in [2.75, 3.05) is 19.6 Å². The maximum atomic E-state index is 13.0. The Balaban J connectivity index is 1.61. The van der Waals surface area contributed by atoms with E-state index in [1.807, 2.05) is 42.2 Å². The Bertz CT molecular complexity index is 990. The van der Waals surface area contributed by atoms with E-state index in [0.717, 1.165) is 17.6 Å². The van der Waals surface area contributed by atoms with E-state index in [2.05, 4.69) is 22.4 Å². The number of aryl methyl sites for hydroxylation is 1. The SMILES string of the molecule is CCn1c(=O)[nH]c2ccc(C(=O)N3CCNC(c4ccccc4)C3)cc21. The molecule has 0 radical (unpaired) electrons. The van der Waals surface area contributed by atoms with E-state index in [0.29, 0.717) is 25.2 Å². The number of piperazine rings is 1. The van der Waals surface area contributed by atoms with Crippen LogP contribution in [-0.2, 0) is 6.54 Å². The minimum Gasteiger partial charge on any atom is -0.335 e. The number of benzene rings is 2. The Labute approximate surface area is 151 Å². The number of amides is 1. The standard InChI is InChI=1S/C20H22N4O2/c1-2-24-18-12-15(8-9-16(18)22-20(24)26)19(25)23-11-10-21-17(13-23)14-6-4-3-5-7-14/h3-9,12,17,21H,2,10-11,13H2,1H3,(H,22,26). The molecule has 0 spiro atoms. The van der Waals surface area contributed by atoms with Crippen LogP contribution in [0.15, 0.2) is 53.3 Å². The van der Waals surface area contributed by atoms with Gasteiger partial charge in [0, 0.05) is 37.8 Å². The number of carbonyl (C=O) groups is 1. The molecule has 1 aliphatic heterocycles. The van der Waals surface area contributed by atoms with Crippen molar-refractivity contribution in [3.8, 4) is 0 Å². The summed E-state index contributed by atoms with van der Waals surface area (Å²) in [7, 11) is 0. The summed E-state index contributed by atoms with van der Waals surface area (Å²) in [6, 6.07) is 15.7. The number of hydrogen-bond acceptors (Lipinski definition) is 3. The summed E-state index contributed by atoms with van der Waals surface area (Å²) >= 11 is 0. The van der Waals surface area contributed by atoms with Crippen molar-refractivity contribution in [3.63, 3.8) is 0 Å². The number of fused-ring (bicyclic) bond motifs is 1.